The Hall–Kier alpha value is -1.42. The Balaban J connectivity index is 2.66. The fourth-order valence-corrected chi connectivity index (χ4v) is 2.66. The van der Waals surface area contributed by atoms with Crippen LogP contribution in [0.2, 0.25) is 0 Å². The van der Waals surface area contributed by atoms with Gasteiger partial charge in [0.05, 0.1) is 11.1 Å². The van der Waals surface area contributed by atoms with Gasteiger partial charge < -0.3 is 0 Å². The molecule has 0 saturated heterocycles. The number of aldehydes is 1. The zero-order valence-electron chi connectivity index (χ0n) is 10.6. The maximum absolute atomic E-state index is 11.3. The van der Waals surface area contributed by atoms with Crippen molar-refractivity contribution in [2.75, 3.05) is 0 Å². The van der Waals surface area contributed by atoms with Crippen LogP contribution in [0.15, 0.2) is 34.9 Å². The fourth-order valence-electron chi connectivity index (χ4n) is 1.77. The number of hydrogen-bond acceptors (Lipinski definition) is 2. The quantitative estimate of drug-likeness (QED) is 0.789. The minimum absolute atomic E-state index is 0.177. The largest absolute Gasteiger partial charge is 0.298 e. The van der Waals surface area contributed by atoms with Crippen molar-refractivity contribution in [1.82, 2.24) is 9.78 Å². The van der Waals surface area contributed by atoms with Gasteiger partial charge in [-0.25, -0.2) is 0 Å². The van der Waals surface area contributed by atoms with Crippen molar-refractivity contribution in [2.24, 2.45) is 0 Å². The second-order valence-corrected chi connectivity index (χ2v) is 5.87. The lowest BCUT2D eigenvalue weighted by Crippen LogP contribution is -2.23. The monoisotopic (exact) mass is 306 g/mol. The molecule has 0 unspecified atom stereocenters. The molecular weight excluding hydrogens is 292 g/mol. The summed E-state index contributed by atoms with van der Waals surface area (Å²) in [5.74, 6) is 0. The normalized spacial score (nSPS) is 11.6. The van der Waals surface area contributed by atoms with Gasteiger partial charge in [-0.05, 0) is 36.7 Å². The third kappa shape index (κ3) is 2.25. The third-order valence-corrected chi connectivity index (χ3v) is 3.43. The highest BCUT2D eigenvalue weighted by molar-refractivity contribution is 9.10. The number of carbonyl (C=O) groups is 1. The number of benzene rings is 1. The first-order valence-corrected chi connectivity index (χ1v) is 6.54. The van der Waals surface area contributed by atoms with Crippen molar-refractivity contribution in [1.29, 1.82) is 0 Å². The van der Waals surface area contributed by atoms with Crippen LogP contribution < -0.4 is 0 Å². The van der Waals surface area contributed by atoms with E-state index in [1.807, 2.05) is 55.8 Å². The lowest BCUT2D eigenvalue weighted by Gasteiger charge is -2.20. The molecule has 1 aromatic heterocycles. The molecule has 0 aliphatic carbocycles. The lowest BCUT2D eigenvalue weighted by atomic mass is 10.1. The van der Waals surface area contributed by atoms with Gasteiger partial charge in [0.25, 0.3) is 0 Å². The number of halogens is 1. The molecule has 0 fully saturated rings. The van der Waals surface area contributed by atoms with Crippen LogP contribution in [0.25, 0.3) is 11.3 Å². The van der Waals surface area contributed by atoms with Gasteiger partial charge in [0.15, 0.2) is 6.29 Å². The number of rotatable bonds is 2. The standard InChI is InChI=1S/C14H15BrN2O/c1-14(2,3)17-13(15)11(9-18)12(16-17)10-7-5-4-6-8-10/h4-9H,1-3H3. The topological polar surface area (TPSA) is 34.9 Å². The maximum atomic E-state index is 11.3. The molecule has 0 aliphatic heterocycles. The summed E-state index contributed by atoms with van der Waals surface area (Å²) in [7, 11) is 0. The van der Waals surface area contributed by atoms with E-state index in [1.165, 1.54) is 0 Å². The smallest absolute Gasteiger partial charge is 0.155 e. The van der Waals surface area contributed by atoms with E-state index in [0.29, 0.717) is 11.3 Å². The number of aromatic nitrogens is 2. The summed E-state index contributed by atoms with van der Waals surface area (Å²) in [6.45, 7) is 6.15. The predicted molar refractivity (Wildman–Crippen MR) is 75.7 cm³/mol. The van der Waals surface area contributed by atoms with Gasteiger partial charge in [-0.3, -0.25) is 9.48 Å². The predicted octanol–water partition coefficient (Wildman–Crippen LogP) is 3.88. The molecule has 94 valence electrons. The molecule has 0 bridgehead atoms. The number of carbonyl (C=O) groups excluding carboxylic acids is 1. The van der Waals surface area contributed by atoms with Gasteiger partial charge in [0, 0.05) is 5.56 Å². The van der Waals surface area contributed by atoms with E-state index < -0.39 is 0 Å². The number of hydrogen-bond donors (Lipinski definition) is 0. The lowest BCUT2D eigenvalue weighted by molar-refractivity contribution is 0.112. The second-order valence-electron chi connectivity index (χ2n) is 5.12. The molecule has 0 aliphatic rings. The highest BCUT2D eigenvalue weighted by atomic mass is 79.9. The van der Waals surface area contributed by atoms with Gasteiger partial charge in [-0.2, -0.15) is 5.10 Å². The summed E-state index contributed by atoms with van der Waals surface area (Å²) in [5, 5.41) is 4.56. The van der Waals surface area contributed by atoms with Crippen molar-refractivity contribution in [3.05, 3.63) is 40.5 Å². The van der Waals surface area contributed by atoms with E-state index >= 15 is 0 Å². The molecule has 0 spiro atoms. The van der Waals surface area contributed by atoms with Gasteiger partial charge in [-0.1, -0.05) is 30.3 Å². The number of nitrogens with zero attached hydrogens (tertiary/aromatic N) is 2. The highest BCUT2D eigenvalue weighted by Gasteiger charge is 2.23. The molecule has 4 heteroatoms. The molecule has 1 aromatic carbocycles. The van der Waals surface area contributed by atoms with Gasteiger partial charge >= 0.3 is 0 Å². The molecule has 2 aromatic rings. The van der Waals surface area contributed by atoms with Crippen molar-refractivity contribution in [3.8, 4) is 11.3 Å². The zero-order chi connectivity index (χ0) is 13.3. The molecule has 0 N–H and O–H groups in total. The third-order valence-electron chi connectivity index (χ3n) is 2.66. The van der Waals surface area contributed by atoms with Gasteiger partial charge in [0.2, 0.25) is 0 Å². The zero-order valence-corrected chi connectivity index (χ0v) is 12.2. The summed E-state index contributed by atoms with van der Waals surface area (Å²) in [6.07, 6.45) is 0.849. The first-order chi connectivity index (χ1) is 8.45. The van der Waals surface area contributed by atoms with Crippen LogP contribution in [-0.2, 0) is 5.54 Å². The van der Waals surface area contributed by atoms with Crippen LogP contribution in [0.1, 0.15) is 31.1 Å². The molecule has 0 atom stereocenters. The summed E-state index contributed by atoms with van der Waals surface area (Å²) < 4.78 is 2.56. The Labute approximate surface area is 115 Å². The van der Waals surface area contributed by atoms with Crippen molar-refractivity contribution in [2.45, 2.75) is 26.3 Å². The summed E-state index contributed by atoms with van der Waals surface area (Å²) in [6, 6.07) is 9.73. The van der Waals surface area contributed by atoms with E-state index in [0.717, 1.165) is 16.5 Å². The minimum atomic E-state index is -0.177. The van der Waals surface area contributed by atoms with E-state index in [9.17, 15) is 4.79 Å². The van der Waals surface area contributed by atoms with Crippen LogP contribution in [0.3, 0.4) is 0 Å². The van der Waals surface area contributed by atoms with Crippen molar-refractivity contribution in [3.63, 3.8) is 0 Å². The maximum Gasteiger partial charge on any atom is 0.155 e. The van der Waals surface area contributed by atoms with E-state index in [4.69, 9.17) is 0 Å². The average molecular weight is 307 g/mol. The fraction of sp³-hybridized carbons (Fsp3) is 0.286. The molecule has 0 radical (unpaired) electrons. The SMILES string of the molecule is CC(C)(C)n1nc(-c2ccccc2)c(C=O)c1Br. The van der Waals surface area contributed by atoms with Crippen LogP contribution in [0.4, 0.5) is 0 Å². The van der Waals surface area contributed by atoms with E-state index in [1.54, 1.807) is 0 Å². The summed E-state index contributed by atoms with van der Waals surface area (Å²) in [5.41, 5.74) is 2.08. The highest BCUT2D eigenvalue weighted by Crippen LogP contribution is 2.31. The Kier molecular flexibility index (Phi) is 3.39. The summed E-state index contributed by atoms with van der Waals surface area (Å²) in [4.78, 5) is 11.3. The Morgan fingerprint density at radius 3 is 2.33 bits per heavy atom. The molecule has 1 heterocycles. The van der Waals surface area contributed by atoms with Gasteiger partial charge in [0.1, 0.15) is 10.3 Å². The van der Waals surface area contributed by atoms with E-state index in [2.05, 4.69) is 21.0 Å². The van der Waals surface area contributed by atoms with Crippen LogP contribution in [0.5, 0.6) is 0 Å². The molecule has 0 amide bonds. The van der Waals surface area contributed by atoms with Crippen LogP contribution in [-0.4, -0.2) is 16.1 Å². The minimum Gasteiger partial charge on any atom is -0.298 e. The first kappa shape index (κ1) is 13.0. The second kappa shape index (κ2) is 4.69. The molecule has 0 saturated carbocycles. The summed E-state index contributed by atoms with van der Waals surface area (Å²) >= 11 is 3.46. The molecule has 3 nitrogen and oxygen atoms in total. The first-order valence-electron chi connectivity index (χ1n) is 5.74. The van der Waals surface area contributed by atoms with Crippen molar-refractivity contribution >= 4 is 22.2 Å². The Bertz CT molecular complexity index is 567. The van der Waals surface area contributed by atoms with E-state index in [-0.39, 0.29) is 5.54 Å². The molecule has 18 heavy (non-hydrogen) atoms. The van der Waals surface area contributed by atoms with Crippen LogP contribution in [0, 0.1) is 0 Å². The molecule has 2 rings (SSSR count). The Morgan fingerprint density at radius 1 is 1.22 bits per heavy atom. The van der Waals surface area contributed by atoms with Gasteiger partial charge in [-0.15, -0.1) is 0 Å². The average Bonchev–Trinajstić information content (AvgIpc) is 2.67. The van der Waals surface area contributed by atoms with Crippen LogP contribution >= 0.6 is 15.9 Å². The molecular formula is C14H15BrN2O. The van der Waals surface area contributed by atoms with Crippen molar-refractivity contribution < 1.29 is 4.79 Å². The Morgan fingerprint density at radius 2 is 1.83 bits per heavy atom.